The third-order valence-corrected chi connectivity index (χ3v) is 4.12. The topological polar surface area (TPSA) is 30.5 Å². The molecule has 0 fully saturated rings. The minimum atomic E-state index is 0.287. The van der Waals surface area contributed by atoms with E-state index in [1.165, 1.54) is 0 Å². The van der Waals surface area contributed by atoms with Gasteiger partial charge in [-0.15, -0.1) is 0 Å². The van der Waals surface area contributed by atoms with Crippen molar-refractivity contribution in [2.24, 2.45) is 0 Å². The number of ether oxygens (including phenoxy) is 2. The summed E-state index contributed by atoms with van der Waals surface area (Å²) in [5.74, 6) is 1.57. The molecule has 0 aliphatic carbocycles. The SMILES string of the molecule is Brc1ccccc1NCc1cc(Br)c2c(c1)OCO2. The molecule has 3 rings (SSSR count). The summed E-state index contributed by atoms with van der Waals surface area (Å²) in [4.78, 5) is 0. The van der Waals surface area contributed by atoms with E-state index >= 15 is 0 Å². The van der Waals surface area contributed by atoms with E-state index in [-0.39, 0.29) is 6.79 Å². The molecule has 1 heterocycles. The van der Waals surface area contributed by atoms with E-state index in [9.17, 15) is 0 Å². The molecule has 0 bridgehead atoms. The number of hydrogen-bond acceptors (Lipinski definition) is 3. The summed E-state index contributed by atoms with van der Waals surface area (Å²) in [6, 6.07) is 12.1. The zero-order valence-electron chi connectivity index (χ0n) is 9.95. The van der Waals surface area contributed by atoms with E-state index in [2.05, 4.69) is 37.2 Å². The van der Waals surface area contributed by atoms with Crippen molar-refractivity contribution in [3.63, 3.8) is 0 Å². The van der Waals surface area contributed by atoms with Crippen molar-refractivity contribution in [1.82, 2.24) is 0 Å². The van der Waals surface area contributed by atoms with Crippen molar-refractivity contribution in [3.8, 4) is 11.5 Å². The second-order valence-electron chi connectivity index (χ2n) is 4.14. The van der Waals surface area contributed by atoms with Crippen molar-refractivity contribution in [2.75, 3.05) is 12.1 Å². The molecule has 2 aromatic rings. The fraction of sp³-hybridized carbons (Fsp3) is 0.143. The average Bonchev–Trinajstić information content (AvgIpc) is 2.87. The molecule has 1 aliphatic heterocycles. The van der Waals surface area contributed by atoms with Crippen LogP contribution in [0.15, 0.2) is 45.3 Å². The lowest BCUT2D eigenvalue weighted by Gasteiger charge is -2.09. The normalized spacial score (nSPS) is 12.5. The van der Waals surface area contributed by atoms with Crippen molar-refractivity contribution in [1.29, 1.82) is 0 Å². The lowest BCUT2D eigenvalue weighted by Crippen LogP contribution is -2.00. The molecular weight excluding hydrogens is 374 g/mol. The van der Waals surface area contributed by atoms with Gasteiger partial charge in [-0.05, 0) is 61.7 Å². The molecule has 0 saturated carbocycles. The van der Waals surface area contributed by atoms with Crippen molar-refractivity contribution in [3.05, 3.63) is 50.9 Å². The Morgan fingerprint density at radius 3 is 2.74 bits per heavy atom. The van der Waals surface area contributed by atoms with Gasteiger partial charge in [0.05, 0.1) is 4.47 Å². The molecule has 3 nitrogen and oxygen atoms in total. The summed E-state index contributed by atoms with van der Waals surface area (Å²) in [7, 11) is 0. The Morgan fingerprint density at radius 1 is 1.05 bits per heavy atom. The van der Waals surface area contributed by atoms with Crippen molar-refractivity contribution < 1.29 is 9.47 Å². The molecule has 5 heteroatoms. The second kappa shape index (κ2) is 5.43. The van der Waals surface area contributed by atoms with Gasteiger partial charge in [-0.2, -0.15) is 0 Å². The number of rotatable bonds is 3. The number of halogens is 2. The molecule has 0 radical (unpaired) electrons. The van der Waals surface area contributed by atoms with Gasteiger partial charge in [0.15, 0.2) is 11.5 Å². The van der Waals surface area contributed by atoms with Crippen LogP contribution in [0.2, 0.25) is 0 Å². The van der Waals surface area contributed by atoms with E-state index in [0.717, 1.165) is 38.2 Å². The van der Waals surface area contributed by atoms with Gasteiger partial charge in [0, 0.05) is 16.7 Å². The maximum absolute atomic E-state index is 5.41. The summed E-state index contributed by atoms with van der Waals surface area (Å²) in [6.07, 6.45) is 0. The van der Waals surface area contributed by atoms with Crippen LogP contribution in [0.4, 0.5) is 5.69 Å². The quantitative estimate of drug-likeness (QED) is 0.841. The van der Waals surface area contributed by atoms with Gasteiger partial charge in [-0.25, -0.2) is 0 Å². The Balaban J connectivity index is 1.78. The minimum absolute atomic E-state index is 0.287. The van der Waals surface area contributed by atoms with Gasteiger partial charge >= 0.3 is 0 Å². The summed E-state index contributed by atoms with van der Waals surface area (Å²) >= 11 is 7.01. The molecule has 0 unspecified atom stereocenters. The molecule has 0 saturated heterocycles. The van der Waals surface area contributed by atoms with Crippen LogP contribution in [-0.4, -0.2) is 6.79 Å². The first-order chi connectivity index (χ1) is 9.24. The minimum Gasteiger partial charge on any atom is -0.454 e. The van der Waals surface area contributed by atoms with Crippen LogP contribution in [0, 0.1) is 0 Å². The Morgan fingerprint density at radius 2 is 1.89 bits per heavy atom. The second-order valence-corrected chi connectivity index (χ2v) is 5.85. The third kappa shape index (κ3) is 2.72. The predicted molar refractivity (Wildman–Crippen MR) is 81.7 cm³/mol. The Labute approximate surface area is 128 Å². The van der Waals surface area contributed by atoms with E-state index in [1.807, 2.05) is 36.4 Å². The predicted octanol–water partition coefficient (Wildman–Crippen LogP) is 4.55. The number of anilines is 1. The molecular formula is C14H11Br2NO2. The fourth-order valence-electron chi connectivity index (χ4n) is 1.92. The van der Waals surface area contributed by atoms with E-state index in [0.29, 0.717) is 0 Å². The Bertz CT molecular complexity index is 616. The molecule has 0 amide bonds. The highest BCUT2D eigenvalue weighted by Crippen LogP contribution is 2.40. The fourth-order valence-corrected chi connectivity index (χ4v) is 2.95. The summed E-state index contributed by atoms with van der Waals surface area (Å²) < 4.78 is 12.7. The van der Waals surface area contributed by atoms with Gasteiger partial charge < -0.3 is 14.8 Å². The van der Waals surface area contributed by atoms with Crippen LogP contribution >= 0.6 is 31.9 Å². The van der Waals surface area contributed by atoms with Gasteiger partial charge in [-0.1, -0.05) is 12.1 Å². The van der Waals surface area contributed by atoms with Crippen LogP contribution in [-0.2, 0) is 6.54 Å². The number of para-hydroxylation sites is 1. The van der Waals surface area contributed by atoms with Crippen LogP contribution in [0.25, 0.3) is 0 Å². The van der Waals surface area contributed by atoms with Gasteiger partial charge in [-0.3, -0.25) is 0 Å². The largest absolute Gasteiger partial charge is 0.454 e. The van der Waals surface area contributed by atoms with Gasteiger partial charge in [0.1, 0.15) is 0 Å². The standard InChI is InChI=1S/C14H11Br2NO2/c15-10-3-1-2-4-12(10)17-7-9-5-11(16)14-13(6-9)18-8-19-14/h1-6,17H,7-8H2. The zero-order chi connectivity index (χ0) is 13.2. The Kier molecular flexibility index (Phi) is 3.66. The molecule has 0 spiro atoms. The first-order valence-electron chi connectivity index (χ1n) is 5.80. The van der Waals surface area contributed by atoms with Crippen LogP contribution in [0.3, 0.4) is 0 Å². The number of hydrogen-bond donors (Lipinski definition) is 1. The van der Waals surface area contributed by atoms with Crippen LogP contribution in [0.5, 0.6) is 11.5 Å². The van der Waals surface area contributed by atoms with Crippen molar-refractivity contribution in [2.45, 2.75) is 6.54 Å². The smallest absolute Gasteiger partial charge is 0.231 e. The zero-order valence-corrected chi connectivity index (χ0v) is 13.1. The molecule has 2 aromatic carbocycles. The lowest BCUT2D eigenvalue weighted by atomic mass is 10.2. The summed E-state index contributed by atoms with van der Waals surface area (Å²) in [6.45, 7) is 1.01. The van der Waals surface area contributed by atoms with Gasteiger partial charge in [0.2, 0.25) is 6.79 Å². The number of benzene rings is 2. The first-order valence-corrected chi connectivity index (χ1v) is 7.39. The number of nitrogens with one attached hydrogen (secondary N) is 1. The summed E-state index contributed by atoms with van der Waals surface area (Å²) in [5.41, 5.74) is 2.20. The van der Waals surface area contributed by atoms with Crippen LogP contribution < -0.4 is 14.8 Å². The molecule has 98 valence electrons. The van der Waals surface area contributed by atoms with Crippen molar-refractivity contribution >= 4 is 37.5 Å². The highest BCUT2D eigenvalue weighted by atomic mass is 79.9. The number of fused-ring (bicyclic) bond motifs is 1. The first kappa shape index (κ1) is 12.8. The van der Waals surface area contributed by atoms with E-state index in [4.69, 9.17) is 9.47 Å². The van der Waals surface area contributed by atoms with Crippen LogP contribution in [0.1, 0.15) is 5.56 Å². The molecule has 0 aromatic heterocycles. The lowest BCUT2D eigenvalue weighted by molar-refractivity contribution is 0.173. The molecule has 1 aliphatic rings. The average molecular weight is 385 g/mol. The van der Waals surface area contributed by atoms with E-state index in [1.54, 1.807) is 0 Å². The van der Waals surface area contributed by atoms with E-state index < -0.39 is 0 Å². The molecule has 0 atom stereocenters. The highest BCUT2D eigenvalue weighted by molar-refractivity contribution is 9.11. The Hall–Kier alpha value is -1.20. The monoisotopic (exact) mass is 383 g/mol. The third-order valence-electron chi connectivity index (χ3n) is 2.84. The molecule has 19 heavy (non-hydrogen) atoms. The highest BCUT2D eigenvalue weighted by Gasteiger charge is 2.17. The maximum Gasteiger partial charge on any atom is 0.231 e. The molecule has 1 N–H and O–H groups in total. The van der Waals surface area contributed by atoms with Gasteiger partial charge in [0.25, 0.3) is 0 Å². The summed E-state index contributed by atoms with van der Waals surface area (Å²) in [5, 5.41) is 3.38. The maximum atomic E-state index is 5.41.